The third-order valence-electron chi connectivity index (χ3n) is 1.14. The first-order chi connectivity index (χ1) is 5.67. The summed E-state index contributed by atoms with van der Waals surface area (Å²) < 4.78 is 8.63. The van der Waals surface area contributed by atoms with Crippen LogP contribution < -0.4 is 24.0 Å². The van der Waals surface area contributed by atoms with Crippen molar-refractivity contribution in [2.45, 2.75) is 6.42 Å². The van der Waals surface area contributed by atoms with Gasteiger partial charge in [-0.25, -0.2) is 4.79 Å². The van der Waals surface area contributed by atoms with Gasteiger partial charge in [0.2, 0.25) is 0 Å². The molecule has 0 aromatic carbocycles. The van der Waals surface area contributed by atoms with Crippen molar-refractivity contribution in [2.75, 3.05) is 14.2 Å². The molecule has 0 fully saturated rings. The van der Waals surface area contributed by atoms with Crippen molar-refractivity contribution in [3.63, 3.8) is 0 Å². The van der Waals surface area contributed by atoms with Crippen LogP contribution in [0.3, 0.4) is 0 Å². The van der Waals surface area contributed by atoms with Crippen LogP contribution in [0, 0.1) is 12.3 Å². The molecule has 0 aliphatic carbocycles. The fourth-order valence-electron chi connectivity index (χ4n) is 0.576. The van der Waals surface area contributed by atoms with Gasteiger partial charge in [0, 0.05) is 6.42 Å². The van der Waals surface area contributed by atoms with Crippen LogP contribution in [0.4, 0.5) is 0 Å². The van der Waals surface area contributed by atoms with Gasteiger partial charge in [0.15, 0.2) is 0 Å². The van der Waals surface area contributed by atoms with Crippen molar-refractivity contribution in [1.29, 1.82) is 0 Å². The molecule has 0 atom stereocenters. The second kappa shape index (κ2) is 7.61. The number of carbonyl (C=O) groups is 1. The molecule has 66 valence electrons. The second-order valence-electron chi connectivity index (χ2n) is 1.84. The standard InChI is InChI=1S/C8H10O4.Li/c1-4-5-6(7(9)11-2)8(10)12-3;/h1,9H,5H2,2-3H3;/q;+1/p-1/b7-6+;. The molecule has 0 amide bonds. The molecule has 0 aliphatic rings. The summed E-state index contributed by atoms with van der Waals surface area (Å²) >= 11 is 0. The van der Waals surface area contributed by atoms with Gasteiger partial charge in [0.05, 0.1) is 18.6 Å². The molecule has 0 radical (unpaired) electrons. The summed E-state index contributed by atoms with van der Waals surface area (Å²) in [6.45, 7) is 0. The Kier molecular flexibility index (Phi) is 8.48. The second-order valence-corrected chi connectivity index (χ2v) is 1.84. The van der Waals surface area contributed by atoms with Gasteiger partial charge in [-0.3, -0.25) is 0 Å². The minimum Gasteiger partial charge on any atom is -0.616 e. The Balaban J connectivity index is 0. The summed E-state index contributed by atoms with van der Waals surface area (Å²) in [5.74, 6) is 0.659. The number of esters is 1. The Morgan fingerprint density at radius 3 is 2.31 bits per heavy atom. The largest absolute Gasteiger partial charge is 1.00 e. The van der Waals surface area contributed by atoms with Crippen molar-refractivity contribution in [1.82, 2.24) is 0 Å². The van der Waals surface area contributed by atoms with Crippen molar-refractivity contribution in [3.05, 3.63) is 11.5 Å². The van der Waals surface area contributed by atoms with Gasteiger partial charge in [-0.2, -0.15) is 0 Å². The quantitative estimate of drug-likeness (QED) is 0.146. The molecule has 5 heteroatoms. The van der Waals surface area contributed by atoms with Gasteiger partial charge in [-0.15, -0.1) is 12.3 Å². The van der Waals surface area contributed by atoms with Crippen LogP contribution in [0.15, 0.2) is 11.5 Å². The zero-order valence-corrected chi connectivity index (χ0v) is 7.92. The molecule has 13 heavy (non-hydrogen) atoms. The monoisotopic (exact) mass is 176 g/mol. The van der Waals surface area contributed by atoms with Gasteiger partial charge in [-0.05, 0) is 7.11 Å². The molecule has 4 nitrogen and oxygen atoms in total. The Hall–Kier alpha value is -1.03. The van der Waals surface area contributed by atoms with E-state index in [0.29, 0.717) is 0 Å². The number of hydrogen-bond acceptors (Lipinski definition) is 4. The molecule has 0 saturated heterocycles. The third kappa shape index (κ3) is 4.52. The van der Waals surface area contributed by atoms with Gasteiger partial charge in [0.25, 0.3) is 0 Å². The molecule has 0 aromatic heterocycles. The van der Waals surface area contributed by atoms with E-state index in [1.165, 1.54) is 14.2 Å². The van der Waals surface area contributed by atoms with Crippen LogP contribution in [0.25, 0.3) is 0 Å². The smallest absolute Gasteiger partial charge is 0.616 e. The Bertz CT molecular complexity index is 239. The third-order valence-corrected chi connectivity index (χ3v) is 1.14. The van der Waals surface area contributed by atoms with Crippen LogP contribution in [0.1, 0.15) is 6.42 Å². The van der Waals surface area contributed by atoms with E-state index < -0.39 is 11.9 Å². The molecule has 0 spiro atoms. The zero-order valence-electron chi connectivity index (χ0n) is 7.92. The molecule has 0 aliphatic heterocycles. The summed E-state index contributed by atoms with van der Waals surface area (Å²) in [6.07, 6.45) is 4.84. The number of ether oxygens (including phenoxy) is 2. The van der Waals surface area contributed by atoms with Crippen LogP contribution in [-0.4, -0.2) is 20.2 Å². The van der Waals surface area contributed by atoms with E-state index in [9.17, 15) is 9.90 Å². The summed E-state index contributed by atoms with van der Waals surface area (Å²) in [4.78, 5) is 10.8. The van der Waals surface area contributed by atoms with Gasteiger partial charge in [-0.1, -0.05) is 0 Å². The van der Waals surface area contributed by atoms with E-state index in [1.54, 1.807) is 0 Å². The number of terminal acetylenes is 1. The predicted octanol–water partition coefficient (Wildman–Crippen LogP) is -3.59. The summed E-state index contributed by atoms with van der Waals surface area (Å²) in [7, 11) is 2.34. The Morgan fingerprint density at radius 2 is 2.00 bits per heavy atom. The summed E-state index contributed by atoms with van der Waals surface area (Å²) in [6, 6.07) is 0. The van der Waals surface area contributed by atoms with E-state index in [1.807, 2.05) is 0 Å². The van der Waals surface area contributed by atoms with E-state index in [2.05, 4.69) is 15.4 Å². The molecule has 0 unspecified atom stereocenters. The van der Waals surface area contributed by atoms with Crippen LogP contribution in [0.5, 0.6) is 0 Å². The van der Waals surface area contributed by atoms with E-state index >= 15 is 0 Å². The normalized spacial score (nSPS) is 10.2. The maximum absolute atomic E-state index is 10.8. The molecule has 0 saturated carbocycles. The predicted molar refractivity (Wildman–Crippen MR) is 39.5 cm³/mol. The molecule has 0 heterocycles. The Labute approximate surface area is 89.1 Å². The summed E-state index contributed by atoms with van der Waals surface area (Å²) in [5.41, 5.74) is -0.164. The number of methoxy groups -OCH3 is 2. The van der Waals surface area contributed by atoms with Crippen molar-refractivity contribution < 1.29 is 38.2 Å². The molecular weight excluding hydrogens is 167 g/mol. The van der Waals surface area contributed by atoms with E-state index in [-0.39, 0.29) is 30.9 Å². The molecule has 0 N–H and O–H groups in total. The van der Waals surface area contributed by atoms with Crippen LogP contribution >= 0.6 is 0 Å². The maximum atomic E-state index is 10.8. The maximum Gasteiger partial charge on any atom is 1.00 e. The Morgan fingerprint density at radius 1 is 1.46 bits per heavy atom. The number of carbonyl (C=O) groups excluding carboxylic acids is 1. The van der Waals surface area contributed by atoms with Crippen molar-refractivity contribution >= 4 is 5.97 Å². The van der Waals surface area contributed by atoms with Crippen LogP contribution in [-0.2, 0) is 14.3 Å². The van der Waals surface area contributed by atoms with Gasteiger partial charge < -0.3 is 14.6 Å². The number of rotatable bonds is 3. The average molecular weight is 176 g/mol. The first-order valence-corrected chi connectivity index (χ1v) is 3.13. The first-order valence-electron chi connectivity index (χ1n) is 3.13. The molecule has 0 aromatic rings. The fourth-order valence-corrected chi connectivity index (χ4v) is 0.576. The molecule has 0 rings (SSSR count). The first kappa shape index (κ1) is 14.5. The van der Waals surface area contributed by atoms with Crippen molar-refractivity contribution in [2.24, 2.45) is 0 Å². The average Bonchev–Trinajstić information content (AvgIpc) is 2.11. The number of hydrogen-bond donors (Lipinski definition) is 0. The zero-order chi connectivity index (χ0) is 9.56. The van der Waals surface area contributed by atoms with Crippen LogP contribution in [0.2, 0.25) is 0 Å². The topological polar surface area (TPSA) is 58.6 Å². The van der Waals surface area contributed by atoms with E-state index in [4.69, 9.17) is 6.42 Å². The van der Waals surface area contributed by atoms with Crippen molar-refractivity contribution in [3.8, 4) is 12.3 Å². The van der Waals surface area contributed by atoms with Gasteiger partial charge >= 0.3 is 24.8 Å². The summed E-state index contributed by atoms with van der Waals surface area (Å²) in [5, 5.41) is 10.8. The molecular formula is C8H9LiO4. The van der Waals surface area contributed by atoms with Gasteiger partial charge in [0.1, 0.15) is 0 Å². The fraction of sp³-hybridized carbons (Fsp3) is 0.375. The SMILES string of the molecule is C#CC/C(C(=O)OC)=C(/[O-])OC.[Li+]. The minimum absolute atomic E-state index is 0. The van der Waals surface area contributed by atoms with E-state index in [0.717, 1.165) is 0 Å². The molecule has 0 bridgehead atoms. The minimum atomic E-state index is -0.750.